The maximum absolute atomic E-state index is 12.5. The Morgan fingerprint density at radius 1 is 1.38 bits per heavy atom. The monoisotopic (exact) mass is 182 g/mol. The predicted molar refractivity (Wildman–Crippen MR) is 50.6 cm³/mol. The zero-order valence-electron chi connectivity index (χ0n) is 8.21. The van der Waals surface area contributed by atoms with Gasteiger partial charge in [-0.15, -0.1) is 0 Å². The summed E-state index contributed by atoms with van der Waals surface area (Å²) in [7, 11) is 0. The molecule has 0 fully saturated rings. The van der Waals surface area contributed by atoms with E-state index in [0.717, 1.165) is 5.69 Å². The molecular formula is C10H15FN2. The van der Waals surface area contributed by atoms with E-state index >= 15 is 0 Å². The van der Waals surface area contributed by atoms with Crippen molar-refractivity contribution >= 4 is 0 Å². The maximum Gasteiger partial charge on any atom is 0.141 e. The van der Waals surface area contributed by atoms with E-state index in [1.165, 1.54) is 12.3 Å². The van der Waals surface area contributed by atoms with Crippen molar-refractivity contribution in [2.24, 2.45) is 11.1 Å². The lowest BCUT2D eigenvalue weighted by molar-refractivity contribution is 0.321. The molecule has 0 aliphatic heterocycles. The Morgan fingerprint density at radius 2 is 2.00 bits per heavy atom. The molecule has 2 nitrogen and oxygen atoms in total. The molecule has 0 spiro atoms. The van der Waals surface area contributed by atoms with Crippen molar-refractivity contribution in [3.63, 3.8) is 0 Å². The molecule has 0 amide bonds. The molecule has 0 bridgehead atoms. The van der Waals surface area contributed by atoms with Gasteiger partial charge in [-0.3, -0.25) is 4.98 Å². The van der Waals surface area contributed by atoms with Crippen molar-refractivity contribution in [3.8, 4) is 0 Å². The Labute approximate surface area is 78.0 Å². The standard InChI is InChI=1S/C10H15FN2/c1-10(2,3)9(12)8-5-4-7(11)6-13-8/h4-6,9H,12H2,1-3H3/t9-/m0/s1. The zero-order chi connectivity index (χ0) is 10.1. The number of hydrogen-bond donors (Lipinski definition) is 1. The Bertz CT molecular complexity index is 274. The third kappa shape index (κ3) is 2.49. The highest BCUT2D eigenvalue weighted by atomic mass is 19.1. The summed E-state index contributed by atoms with van der Waals surface area (Å²) < 4.78 is 12.5. The van der Waals surface area contributed by atoms with E-state index in [4.69, 9.17) is 5.73 Å². The van der Waals surface area contributed by atoms with Gasteiger partial charge in [0.05, 0.1) is 17.9 Å². The number of halogens is 1. The van der Waals surface area contributed by atoms with E-state index in [1.54, 1.807) is 6.07 Å². The predicted octanol–water partition coefficient (Wildman–Crippen LogP) is 2.27. The van der Waals surface area contributed by atoms with Crippen molar-refractivity contribution in [1.29, 1.82) is 0 Å². The molecule has 72 valence electrons. The van der Waals surface area contributed by atoms with Gasteiger partial charge in [-0.2, -0.15) is 0 Å². The second kappa shape index (κ2) is 3.42. The van der Waals surface area contributed by atoms with Crippen LogP contribution < -0.4 is 5.73 Å². The van der Waals surface area contributed by atoms with Gasteiger partial charge < -0.3 is 5.73 Å². The average molecular weight is 182 g/mol. The number of rotatable bonds is 1. The average Bonchev–Trinajstić information content (AvgIpc) is 2.03. The molecule has 0 radical (unpaired) electrons. The normalized spacial score (nSPS) is 14.2. The van der Waals surface area contributed by atoms with Crippen molar-refractivity contribution in [3.05, 3.63) is 29.8 Å². The number of aromatic nitrogens is 1. The summed E-state index contributed by atoms with van der Waals surface area (Å²) >= 11 is 0. The van der Waals surface area contributed by atoms with E-state index in [0.29, 0.717) is 0 Å². The van der Waals surface area contributed by atoms with E-state index in [-0.39, 0.29) is 17.3 Å². The van der Waals surface area contributed by atoms with Crippen LogP contribution in [0.3, 0.4) is 0 Å². The van der Waals surface area contributed by atoms with Crippen LogP contribution in [-0.4, -0.2) is 4.98 Å². The molecular weight excluding hydrogens is 167 g/mol. The van der Waals surface area contributed by atoms with Gasteiger partial charge in [0, 0.05) is 0 Å². The first-order valence-electron chi connectivity index (χ1n) is 4.28. The van der Waals surface area contributed by atoms with Crippen molar-refractivity contribution in [2.45, 2.75) is 26.8 Å². The van der Waals surface area contributed by atoms with Gasteiger partial charge in [0.1, 0.15) is 5.82 Å². The lowest BCUT2D eigenvalue weighted by Gasteiger charge is -2.26. The summed E-state index contributed by atoms with van der Waals surface area (Å²) in [6.45, 7) is 6.09. The lowest BCUT2D eigenvalue weighted by atomic mass is 9.85. The molecule has 3 heteroatoms. The van der Waals surface area contributed by atoms with Gasteiger partial charge in [0.2, 0.25) is 0 Å². The molecule has 0 aliphatic rings. The molecule has 0 aliphatic carbocycles. The van der Waals surface area contributed by atoms with Crippen LogP contribution in [0.5, 0.6) is 0 Å². The van der Waals surface area contributed by atoms with Gasteiger partial charge in [-0.1, -0.05) is 20.8 Å². The van der Waals surface area contributed by atoms with Crippen LogP contribution in [0, 0.1) is 11.2 Å². The molecule has 1 atom stereocenters. The summed E-state index contributed by atoms with van der Waals surface area (Å²) in [6.07, 6.45) is 1.20. The lowest BCUT2D eigenvalue weighted by Crippen LogP contribution is -2.27. The number of hydrogen-bond acceptors (Lipinski definition) is 2. The Balaban J connectivity index is 2.90. The Hall–Kier alpha value is -0.960. The second-order valence-corrected chi connectivity index (χ2v) is 4.24. The van der Waals surface area contributed by atoms with Crippen molar-refractivity contribution in [2.75, 3.05) is 0 Å². The molecule has 1 aromatic heterocycles. The van der Waals surface area contributed by atoms with Crippen LogP contribution in [0.2, 0.25) is 0 Å². The summed E-state index contributed by atoms with van der Waals surface area (Å²) in [4.78, 5) is 3.94. The molecule has 0 saturated heterocycles. The first-order valence-corrected chi connectivity index (χ1v) is 4.28. The topological polar surface area (TPSA) is 38.9 Å². The highest BCUT2D eigenvalue weighted by molar-refractivity contribution is 5.11. The summed E-state index contributed by atoms with van der Waals surface area (Å²) in [5, 5.41) is 0. The summed E-state index contributed by atoms with van der Waals surface area (Å²) in [5.41, 5.74) is 6.62. The van der Waals surface area contributed by atoms with Gasteiger partial charge in [0.15, 0.2) is 0 Å². The molecule has 2 N–H and O–H groups in total. The molecule has 1 aromatic rings. The van der Waals surface area contributed by atoms with E-state index in [1.807, 2.05) is 20.8 Å². The fourth-order valence-electron chi connectivity index (χ4n) is 1.01. The third-order valence-corrected chi connectivity index (χ3v) is 2.00. The number of pyridine rings is 1. The fraction of sp³-hybridized carbons (Fsp3) is 0.500. The molecule has 0 aromatic carbocycles. The Morgan fingerprint density at radius 3 is 2.38 bits per heavy atom. The van der Waals surface area contributed by atoms with Crippen LogP contribution >= 0.6 is 0 Å². The largest absolute Gasteiger partial charge is 0.322 e. The third-order valence-electron chi connectivity index (χ3n) is 2.00. The van der Waals surface area contributed by atoms with Crippen molar-refractivity contribution < 1.29 is 4.39 Å². The minimum absolute atomic E-state index is 0.0508. The zero-order valence-corrected chi connectivity index (χ0v) is 8.21. The quantitative estimate of drug-likeness (QED) is 0.723. The first-order chi connectivity index (χ1) is 5.91. The summed E-state index contributed by atoms with van der Waals surface area (Å²) in [5.74, 6) is -0.329. The molecule has 13 heavy (non-hydrogen) atoms. The van der Waals surface area contributed by atoms with Gasteiger partial charge >= 0.3 is 0 Å². The fourth-order valence-corrected chi connectivity index (χ4v) is 1.01. The SMILES string of the molecule is CC(C)(C)[C@@H](N)c1ccc(F)cn1. The van der Waals surface area contributed by atoms with Gasteiger partial charge in [-0.05, 0) is 17.5 Å². The second-order valence-electron chi connectivity index (χ2n) is 4.24. The van der Waals surface area contributed by atoms with Gasteiger partial charge in [-0.25, -0.2) is 4.39 Å². The van der Waals surface area contributed by atoms with Crippen LogP contribution in [0.1, 0.15) is 32.5 Å². The molecule has 0 saturated carbocycles. The van der Waals surface area contributed by atoms with E-state index in [2.05, 4.69) is 4.98 Å². The maximum atomic E-state index is 12.5. The molecule has 1 rings (SSSR count). The van der Waals surface area contributed by atoms with Crippen LogP contribution in [0.25, 0.3) is 0 Å². The number of nitrogens with two attached hydrogens (primary N) is 1. The van der Waals surface area contributed by atoms with Gasteiger partial charge in [0.25, 0.3) is 0 Å². The Kier molecular flexibility index (Phi) is 2.66. The van der Waals surface area contributed by atoms with E-state index in [9.17, 15) is 4.39 Å². The number of nitrogens with zero attached hydrogens (tertiary/aromatic N) is 1. The van der Waals surface area contributed by atoms with Crippen LogP contribution in [0.4, 0.5) is 4.39 Å². The highest BCUT2D eigenvalue weighted by Gasteiger charge is 2.23. The first kappa shape index (κ1) is 10.1. The van der Waals surface area contributed by atoms with Crippen LogP contribution in [0.15, 0.2) is 18.3 Å². The van der Waals surface area contributed by atoms with E-state index < -0.39 is 0 Å². The molecule has 0 unspecified atom stereocenters. The minimum Gasteiger partial charge on any atom is -0.322 e. The minimum atomic E-state index is -0.329. The van der Waals surface area contributed by atoms with Crippen LogP contribution in [-0.2, 0) is 0 Å². The highest BCUT2D eigenvalue weighted by Crippen LogP contribution is 2.28. The smallest absolute Gasteiger partial charge is 0.141 e. The summed E-state index contributed by atoms with van der Waals surface area (Å²) in [6, 6.07) is 2.85. The molecule has 1 heterocycles. The van der Waals surface area contributed by atoms with Crippen molar-refractivity contribution in [1.82, 2.24) is 4.98 Å².